The molecule has 0 saturated heterocycles. The fourth-order valence-corrected chi connectivity index (χ4v) is 3.36. The molecule has 1 heterocycles. The van der Waals surface area contributed by atoms with Crippen molar-refractivity contribution in [3.05, 3.63) is 58.5 Å². The molecule has 0 saturated carbocycles. The number of rotatable bonds is 1. The van der Waals surface area contributed by atoms with Crippen LogP contribution in [0.2, 0.25) is 0 Å². The molecule has 0 aromatic carbocycles. The van der Waals surface area contributed by atoms with Crippen molar-refractivity contribution in [3.8, 4) is 0 Å². The highest BCUT2D eigenvalue weighted by molar-refractivity contribution is 8.04. The normalized spacial score (nSPS) is 26.2. The minimum Gasteiger partial charge on any atom is -0.464 e. The van der Waals surface area contributed by atoms with Gasteiger partial charge in [-0.2, -0.15) is 0 Å². The van der Waals surface area contributed by atoms with Gasteiger partial charge in [0.25, 0.3) is 0 Å². The van der Waals surface area contributed by atoms with Gasteiger partial charge in [0.15, 0.2) is 0 Å². The monoisotopic (exact) mass is 244 g/mol. The Bertz CT molecular complexity index is 506. The number of allylic oxidation sites excluding steroid dienone is 6. The molecule has 0 aromatic heterocycles. The molecule has 2 nitrogen and oxygen atoms in total. The lowest BCUT2D eigenvalue weighted by Crippen LogP contribution is -2.09. The summed E-state index contributed by atoms with van der Waals surface area (Å²) in [5, 5.41) is 0.208. The maximum absolute atomic E-state index is 11.0. The molecule has 86 valence electrons. The second-order valence-corrected chi connectivity index (χ2v) is 5.32. The Morgan fingerprint density at radius 2 is 2.41 bits per heavy atom. The maximum atomic E-state index is 11.0. The van der Waals surface area contributed by atoms with Crippen LogP contribution in [0.15, 0.2) is 58.5 Å². The minimum atomic E-state index is 0.208. The van der Waals surface area contributed by atoms with Crippen LogP contribution in [-0.4, -0.2) is 11.5 Å². The smallest absolute Gasteiger partial charge is 0.150 e. The lowest BCUT2D eigenvalue weighted by Gasteiger charge is -2.18. The fraction of sp³-hybridized carbons (Fsp3) is 0.214. The van der Waals surface area contributed by atoms with E-state index in [2.05, 4.69) is 12.2 Å². The van der Waals surface area contributed by atoms with Crippen molar-refractivity contribution in [1.82, 2.24) is 0 Å². The van der Waals surface area contributed by atoms with Crippen LogP contribution in [0.5, 0.6) is 0 Å². The number of fused-ring (bicyclic) bond motifs is 1. The molecule has 3 heteroatoms. The average molecular weight is 244 g/mol. The Morgan fingerprint density at radius 1 is 1.47 bits per heavy atom. The van der Waals surface area contributed by atoms with Gasteiger partial charge < -0.3 is 4.74 Å². The van der Waals surface area contributed by atoms with Gasteiger partial charge in [0, 0.05) is 16.1 Å². The second-order valence-electron chi connectivity index (χ2n) is 4.08. The minimum absolute atomic E-state index is 0.208. The highest BCUT2D eigenvalue weighted by Crippen LogP contribution is 2.41. The van der Waals surface area contributed by atoms with Gasteiger partial charge in [-0.25, -0.2) is 0 Å². The fourth-order valence-electron chi connectivity index (χ4n) is 2.09. The summed E-state index contributed by atoms with van der Waals surface area (Å²) < 4.78 is 5.68. The number of thioether (sulfide) groups is 1. The largest absolute Gasteiger partial charge is 0.464 e. The average Bonchev–Trinajstić information content (AvgIpc) is 2.57. The van der Waals surface area contributed by atoms with Gasteiger partial charge in [-0.15, -0.1) is 11.8 Å². The summed E-state index contributed by atoms with van der Waals surface area (Å²) in [6.45, 7) is 0. The molecule has 0 bridgehead atoms. The van der Waals surface area contributed by atoms with Crippen LogP contribution in [0.1, 0.15) is 12.8 Å². The number of hydrogen-bond acceptors (Lipinski definition) is 3. The van der Waals surface area contributed by atoms with Crippen LogP contribution >= 0.6 is 11.8 Å². The van der Waals surface area contributed by atoms with Crippen molar-refractivity contribution in [2.24, 2.45) is 0 Å². The molecule has 1 atom stereocenters. The van der Waals surface area contributed by atoms with E-state index < -0.39 is 0 Å². The standard InChI is InChI=1S/C14H12O2S/c15-8-10-4-3-7-13-11(10)9-16-12-5-1-2-6-14(12)17-13/h1,3-5,7-9,13H,2,6H2. The summed E-state index contributed by atoms with van der Waals surface area (Å²) in [7, 11) is 0. The van der Waals surface area contributed by atoms with Gasteiger partial charge in [0.2, 0.25) is 0 Å². The lowest BCUT2D eigenvalue weighted by atomic mass is 10.0. The van der Waals surface area contributed by atoms with Crippen LogP contribution in [-0.2, 0) is 9.53 Å². The van der Waals surface area contributed by atoms with E-state index in [0.29, 0.717) is 5.57 Å². The van der Waals surface area contributed by atoms with Crippen molar-refractivity contribution < 1.29 is 9.53 Å². The van der Waals surface area contributed by atoms with Crippen molar-refractivity contribution in [3.63, 3.8) is 0 Å². The summed E-state index contributed by atoms with van der Waals surface area (Å²) in [5.74, 6) is 0.932. The first-order valence-corrected chi connectivity index (χ1v) is 6.53. The highest BCUT2D eigenvalue weighted by atomic mass is 32.2. The van der Waals surface area contributed by atoms with Crippen LogP contribution < -0.4 is 0 Å². The second kappa shape index (κ2) is 4.41. The van der Waals surface area contributed by atoms with E-state index in [0.717, 1.165) is 30.5 Å². The van der Waals surface area contributed by atoms with E-state index in [1.165, 1.54) is 4.91 Å². The Balaban J connectivity index is 1.97. The molecular formula is C14H12O2S. The maximum Gasteiger partial charge on any atom is 0.150 e. The van der Waals surface area contributed by atoms with Crippen molar-refractivity contribution in [1.29, 1.82) is 0 Å². The molecule has 0 amide bonds. The predicted octanol–water partition coefficient (Wildman–Crippen LogP) is 3.26. The number of ether oxygens (including phenoxy) is 1. The molecule has 3 aliphatic rings. The lowest BCUT2D eigenvalue weighted by molar-refractivity contribution is -0.104. The van der Waals surface area contributed by atoms with Crippen molar-refractivity contribution >= 4 is 18.0 Å². The summed E-state index contributed by atoms with van der Waals surface area (Å²) in [6, 6.07) is 0. The zero-order valence-corrected chi connectivity index (χ0v) is 10.1. The van der Waals surface area contributed by atoms with Crippen molar-refractivity contribution in [2.75, 3.05) is 0 Å². The number of aldehydes is 1. The summed E-state index contributed by atoms with van der Waals surface area (Å²) in [4.78, 5) is 12.3. The predicted molar refractivity (Wildman–Crippen MR) is 69.2 cm³/mol. The molecule has 1 unspecified atom stereocenters. The van der Waals surface area contributed by atoms with Gasteiger partial charge in [-0.3, -0.25) is 4.79 Å². The molecule has 2 aliphatic carbocycles. The van der Waals surface area contributed by atoms with Crippen molar-refractivity contribution in [2.45, 2.75) is 18.1 Å². The topological polar surface area (TPSA) is 26.3 Å². The highest BCUT2D eigenvalue weighted by Gasteiger charge is 2.25. The van der Waals surface area contributed by atoms with Gasteiger partial charge in [0.1, 0.15) is 12.0 Å². The van der Waals surface area contributed by atoms with Crippen LogP contribution in [0.25, 0.3) is 0 Å². The third-order valence-electron chi connectivity index (χ3n) is 2.99. The molecule has 1 aliphatic heterocycles. The summed E-state index contributed by atoms with van der Waals surface area (Å²) >= 11 is 1.79. The van der Waals surface area contributed by atoms with Crippen LogP contribution in [0.4, 0.5) is 0 Å². The molecule has 0 N–H and O–H groups in total. The Hall–Kier alpha value is -1.48. The Labute approximate surface area is 104 Å². The molecular weight excluding hydrogens is 232 g/mol. The zero-order valence-electron chi connectivity index (χ0n) is 9.26. The first-order chi connectivity index (χ1) is 8.38. The number of hydrogen-bond donors (Lipinski definition) is 0. The number of carbonyl (C=O) groups is 1. The molecule has 3 rings (SSSR count). The van der Waals surface area contributed by atoms with Gasteiger partial charge in [0.05, 0.1) is 11.5 Å². The van der Waals surface area contributed by atoms with Gasteiger partial charge in [-0.1, -0.05) is 24.3 Å². The molecule has 0 aromatic rings. The Morgan fingerprint density at radius 3 is 3.29 bits per heavy atom. The van der Waals surface area contributed by atoms with Crippen LogP contribution in [0, 0.1) is 0 Å². The third-order valence-corrected chi connectivity index (χ3v) is 4.35. The van der Waals surface area contributed by atoms with E-state index in [-0.39, 0.29) is 5.25 Å². The Kier molecular flexibility index (Phi) is 2.77. The molecule has 0 radical (unpaired) electrons. The molecule has 17 heavy (non-hydrogen) atoms. The molecule has 0 fully saturated rings. The number of carbonyl (C=O) groups excluding carboxylic acids is 1. The SMILES string of the molecule is O=CC1=CC=CC2SC3=C(C=CCC3)OC=C12. The van der Waals surface area contributed by atoms with Gasteiger partial charge in [-0.05, 0) is 18.9 Å². The third kappa shape index (κ3) is 1.91. The van der Waals surface area contributed by atoms with E-state index >= 15 is 0 Å². The first kappa shape index (κ1) is 10.7. The zero-order chi connectivity index (χ0) is 11.7. The van der Waals surface area contributed by atoms with E-state index in [1.54, 1.807) is 18.0 Å². The molecule has 0 spiro atoms. The van der Waals surface area contributed by atoms with E-state index in [9.17, 15) is 4.79 Å². The van der Waals surface area contributed by atoms with Crippen LogP contribution in [0.3, 0.4) is 0 Å². The first-order valence-electron chi connectivity index (χ1n) is 5.65. The summed E-state index contributed by atoms with van der Waals surface area (Å²) in [5.41, 5.74) is 1.68. The van der Waals surface area contributed by atoms with E-state index in [1.807, 2.05) is 18.2 Å². The quantitative estimate of drug-likeness (QED) is 0.662. The summed E-state index contributed by atoms with van der Waals surface area (Å²) in [6.07, 6.45) is 14.8. The van der Waals surface area contributed by atoms with E-state index in [4.69, 9.17) is 4.74 Å². The van der Waals surface area contributed by atoms with Gasteiger partial charge >= 0.3 is 0 Å².